The van der Waals surface area contributed by atoms with Crippen molar-refractivity contribution in [3.05, 3.63) is 47.7 Å². The molecular weight excluding hydrogens is 606 g/mol. The Bertz CT molecular complexity index is 1760. The van der Waals surface area contributed by atoms with Crippen molar-refractivity contribution in [2.45, 2.75) is 112 Å². The number of aromatic nitrogens is 1. The Kier molecular flexibility index (Phi) is 7.47. The number of hydrogen-bond acceptors (Lipinski definition) is 8. The molecule has 0 radical (unpaired) electrons. The lowest BCUT2D eigenvalue weighted by atomic mass is 9.87. The SMILES string of the molecule is Cc1nc2ccccc2c2c1OC1(CC2)CC2C(=O)NC3(C(=O)NS(=O)(=O)C4(C)CC4)CC3C=CCCCCCC(N)C(=O)N2C1. The number of pyridine rings is 1. The minimum Gasteiger partial charge on any atom is -0.483 e. The van der Waals surface area contributed by atoms with E-state index in [1.54, 1.807) is 6.92 Å². The van der Waals surface area contributed by atoms with E-state index in [1.165, 1.54) is 4.90 Å². The van der Waals surface area contributed by atoms with E-state index in [-0.39, 0.29) is 31.2 Å². The van der Waals surface area contributed by atoms with Gasteiger partial charge < -0.3 is 20.7 Å². The predicted molar refractivity (Wildman–Crippen MR) is 172 cm³/mol. The van der Waals surface area contributed by atoms with Crippen molar-refractivity contribution in [3.8, 4) is 5.75 Å². The third-order valence-electron chi connectivity index (χ3n) is 10.9. The normalized spacial score (nSPS) is 32.3. The second-order valence-corrected chi connectivity index (χ2v) is 16.5. The van der Waals surface area contributed by atoms with E-state index >= 15 is 0 Å². The number of ether oxygens (including phenoxy) is 1. The number of sulfonamides is 1. The summed E-state index contributed by atoms with van der Waals surface area (Å²) < 4.78 is 34.1. The predicted octanol–water partition coefficient (Wildman–Crippen LogP) is 2.93. The van der Waals surface area contributed by atoms with Gasteiger partial charge in [0.15, 0.2) is 0 Å². The Morgan fingerprint density at radius 3 is 2.70 bits per heavy atom. The Hall–Kier alpha value is -3.51. The maximum atomic E-state index is 14.3. The molecule has 2 aromatic rings. The number of rotatable bonds is 3. The number of nitrogens with one attached hydrogen (secondary N) is 2. The standard InChI is InChI=1S/C34H43N5O6S/c1-21-28-24(23-11-8-9-13-26(23)36-21)14-15-33(45-28)19-27-29(40)37-34(31(42)38-46(43,44)32(2)16-17-32)18-22(34)10-6-4-3-5-7-12-25(35)30(41)39(27)20-33/h6,8-11,13,22,25,27H,3-5,7,12,14-20,35H2,1-2H3,(H,37,40)(H,38,42). The number of fused-ring (bicyclic) bond motifs is 5. The molecule has 3 aliphatic heterocycles. The van der Waals surface area contributed by atoms with Crippen LogP contribution in [0, 0.1) is 12.8 Å². The largest absolute Gasteiger partial charge is 0.483 e. The molecule has 11 nitrogen and oxygen atoms in total. The van der Waals surface area contributed by atoms with Gasteiger partial charge in [-0.1, -0.05) is 43.2 Å². The number of para-hydroxylation sites is 1. The maximum absolute atomic E-state index is 14.3. The number of carbonyl (C=O) groups excluding carboxylic acids is 3. The highest BCUT2D eigenvalue weighted by molar-refractivity contribution is 7.91. The van der Waals surface area contributed by atoms with Gasteiger partial charge in [0.1, 0.15) is 22.9 Å². The number of allylic oxidation sites excluding steroid dienone is 1. The van der Waals surface area contributed by atoms with Gasteiger partial charge in [0.05, 0.1) is 28.5 Å². The first-order valence-electron chi connectivity index (χ1n) is 16.6. The van der Waals surface area contributed by atoms with Crippen LogP contribution in [0.25, 0.3) is 10.9 Å². The van der Waals surface area contributed by atoms with E-state index in [2.05, 4.69) is 10.0 Å². The van der Waals surface area contributed by atoms with Crippen molar-refractivity contribution in [1.82, 2.24) is 19.9 Å². The van der Waals surface area contributed by atoms with Gasteiger partial charge in [-0.15, -0.1) is 0 Å². The molecular formula is C34H43N5O6S. The Morgan fingerprint density at radius 2 is 1.91 bits per heavy atom. The van der Waals surface area contributed by atoms with E-state index in [9.17, 15) is 22.8 Å². The number of nitrogens with two attached hydrogens (primary N) is 1. The lowest BCUT2D eigenvalue weighted by molar-refractivity contribution is -0.140. The number of nitrogens with zero attached hydrogens (tertiary/aromatic N) is 2. The van der Waals surface area contributed by atoms with Gasteiger partial charge in [0.2, 0.25) is 21.8 Å². The summed E-state index contributed by atoms with van der Waals surface area (Å²) >= 11 is 0. The van der Waals surface area contributed by atoms with Crippen LogP contribution in [-0.4, -0.2) is 70.5 Å². The fourth-order valence-corrected chi connectivity index (χ4v) is 8.85. The maximum Gasteiger partial charge on any atom is 0.259 e. The number of benzene rings is 1. The number of hydrogen-bond donors (Lipinski definition) is 3. The van der Waals surface area contributed by atoms with E-state index in [0.29, 0.717) is 37.9 Å². The van der Waals surface area contributed by atoms with Crippen LogP contribution < -0.4 is 20.5 Å². The average molecular weight is 650 g/mol. The minimum absolute atomic E-state index is 0.179. The summed E-state index contributed by atoms with van der Waals surface area (Å²) in [5.74, 6) is -1.22. The minimum atomic E-state index is -3.92. The highest BCUT2D eigenvalue weighted by Crippen LogP contribution is 2.49. The lowest BCUT2D eigenvalue weighted by Gasteiger charge is -2.36. The molecule has 2 aliphatic carbocycles. The van der Waals surface area contributed by atoms with Crippen LogP contribution in [-0.2, 0) is 30.8 Å². The van der Waals surface area contributed by atoms with Crippen LogP contribution >= 0.6 is 0 Å². The van der Waals surface area contributed by atoms with Gasteiger partial charge in [0, 0.05) is 23.3 Å². The molecule has 5 aliphatic rings. The van der Waals surface area contributed by atoms with Gasteiger partial charge in [-0.2, -0.15) is 0 Å². The molecule has 4 N–H and O–H groups in total. The molecule has 246 valence electrons. The van der Waals surface area contributed by atoms with Crippen LogP contribution in [0.1, 0.15) is 82.4 Å². The number of aryl methyl sites for hydroxylation is 2. The van der Waals surface area contributed by atoms with Crippen molar-refractivity contribution in [2.75, 3.05) is 6.54 Å². The third kappa shape index (κ3) is 5.27. The summed E-state index contributed by atoms with van der Waals surface area (Å²) in [6.07, 6.45) is 10.5. The van der Waals surface area contributed by atoms with Crippen LogP contribution in [0.2, 0.25) is 0 Å². The van der Waals surface area contributed by atoms with Gasteiger partial charge in [0.25, 0.3) is 5.91 Å². The molecule has 5 atom stereocenters. The van der Waals surface area contributed by atoms with Gasteiger partial charge >= 0.3 is 0 Å². The molecule has 3 fully saturated rings. The molecule has 2 saturated carbocycles. The van der Waals surface area contributed by atoms with Crippen LogP contribution in [0.3, 0.4) is 0 Å². The first-order chi connectivity index (χ1) is 21.9. The fraction of sp³-hybridized carbons (Fsp3) is 0.588. The van der Waals surface area contributed by atoms with Crippen molar-refractivity contribution in [2.24, 2.45) is 11.7 Å². The molecule has 12 heteroatoms. The van der Waals surface area contributed by atoms with Crippen molar-refractivity contribution < 1.29 is 27.5 Å². The summed E-state index contributed by atoms with van der Waals surface area (Å²) in [6.45, 7) is 3.71. The molecule has 0 bridgehead atoms. The van der Waals surface area contributed by atoms with E-state index in [1.807, 2.05) is 43.3 Å². The van der Waals surface area contributed by atoms with E-state index in [0.717, 1.165) is 47.8 Å². The second kappa shape index (κ2) is 11.0. The van der Waals surface area contributed by atoms with Crippen molar-refractivity contribution in [3.63, 3.8) is 0 Å². The summed E-state index contributed by atoms with van der Waals surface area (Å²) in [6, 6.07) is 6.23. The molecule has 4 heterocycles. The van der Waals surface area contributed by atoms with Crippen LogP contribution in [0.5, 0.6) is 5.75 Å². The topological polar surface area (TPSA) is 161 Å². The zero-order chi connectivity index (χ0) is 32.5. The molecule has 7 rings (SSSR count). The zero-order valence-electron chi connectivity index (χ0n) is 26.5. The Labute approximate surface area is 269 Å². The summed E-state index contributed by atoms with van der Waals surface area (Å²) in [5.41, 5.74) is 6.90. The zero-order valence-corrected chi connectivity index (χ0v) is 27.3. The Morgan fingerprint density at radius 1 is 1.13 bits per heavy atom. The van der Waals surface area contributed by atoms with Crippen molar-refractivity contribution in [1.29, 1.82) is 0 Å². The molecule has 5 unspecified atom stereocenters. The Balaban J connectivity index is 1.21. The molecule has 1 aromatic heterocycles. The molecule has 46 heavy (non-hydrogen) atoms. The molecule has 1 spiro atoms. The van der Waals surface area contributed by atoms with Crippen LogP contribution in [0.15, 0.2) is 36.4 Å². The van der Waals surface area contributed by atoms with E-state index in [4.69, 9.17) is 15.5 Å². The lowest BCUT2D eigenvalue weighted by Crippen LogP contribution is -2.58. The van der Waals surface area contributed by atoms with Gasteiger partial charge in [-0.05, 0) is 71.3 Å². The molecule has 1 saturated heterocycles. The summed E-state index contributed by atoms with van der Waals surface area (Å²) in [7, 11) is -3.92. The van der Waals surface area contributed by atoms with E-state index < -0.39 is 49.8 Å². The van der Waals surface area contributed by atoms with Crippen molar-refractivity contribution >= 4 is 38.6 Å². The number of amides is 3. The second-order valence-electron chi connectivity index (χ2n) is 14.3. The molecule has 3 amide bonds. The number of carbonyl (C=O) groups is 3. The summed E-state index contributed by atoms with van der Waals surface area (Å²) in [5, 5.41) is 3.97. The highest BCUT2D eigenvalue weighted by Gasteiger charge is 2.63. The monoisotopic (exact) mass is 649 g/mol. The van der Waals surface area contributed by atoms with Gasteiger partial charge in [-0.3, -0.25) is 19.1 Å². The average Bonchev–Trinajstić information content (AvgIpc) is 3.91. The van der Waals surface area contributed by atoms with Gasteiger partial charge in [-0.25, -0.2) is 13.4 Å². The third-order valence-corrected chi connectivity index (χ3v) is 13.1. The summed E-state index contributed by atoms with van der Waals surface area (Å²) in [4.78, 5) is 48.2. The molecule has 1 aromatic carbocycles. The smallest absolute Gasteiger partial charge is 0.259 e. The van der Waals surface area contributed by atoms with Crippen LogP contribution in [0.4, 0.5) is 0 Å². The first kappa shape index (κ1) is 31.1. The highest BCUT2D eigenvalue weighted by atomic mass is 32.2. The quantitative estimate of drug-likeness (QED) is 0.428. The first-order valence-corrected chi connectivity index (χ1v) is 18.0. The fourth-order valence-electron chi connectivity index (χ4n) is 7.54.